The Morgan fingerprint density at radius 1 is 1.17 bits per heavy atom. The van der Waals surface area contributed by atoms with Gasteiger partial charge in [-0.1, -0.05) is 26.0 Å². The van der Waals surface area contributed by atoms with Gasteiger partial charge >= 0.3 is 6.18 Å². The minimum atomic E-state index is -4.47. The minimum Gasteiger partial charge on any atom is -0.479 e. The molecule has 2 nitrogen and oxygen atoms in total. The van der Waals surface area contributed by atoms with Crippen LogP contribution in [0.5, 0.6) is 5.75 Å². The molecule has 18 heavy (non-hydrogen) atoms. The Kier molecular flexibility index (Phi) is 4.62. The van der Waals surface area contributed by atoms with Crippen LogP contribution in [-0.4, -0.2) is 18.3 Å². The highest BCUT2D eigenvalue weighted by molar-refractivity contribution is 5.30. The van der Waals surface area contributed by atoms with E-state index >= 15 is 0 Å². The zero-order chi connectivity index (χ0) is 13.9. The quantitative estimate of drug-likeness (QED) is 0.900. The summed E-state index contributed by atoms with van der Waals surface area (Å²) in [5.74, 6) is 0.425. The van der Waals surface area contributed by atoms with Gasteiger partial charge in [0.2, 0.25) is 6.10 Å². The maximum Gasteiger partial charge on any atom is 0.426 e. The second kappa shape index (κ2) is 5.61. The number of alkyl halides is 3. The summed E-state index contributed by atoms with van der Waals surface area (Å²) in [4.78, 5) is 0. The molecule has 2 unspecified atom stereocenters. The third-order valence-corrected chi connectivity index (χ3v) is 2.59. The molecule has 1 aromatic carbocycles. The topological polar surface area (TPSA) is 35.2 Å². The average Bonchev–Trinajstić information content (AvgIpc) is 2.24. The lowest BCUT2D eigenvalue weighted by Gasteiger charge is -2.25. The fourth-order valence-electron chi connectivity index (χ4n) is 1.57. The monoisotopic (exact) mass is 261 g/mol. The fourth-order valence-corrected chi connectivity index (χ4v) is 1.57. The average molecular weight is 261 g/mol. The van der Waals surface area contributed by atoms with Crippen LogP contribution in [0.1, 0.15) is 32.3 Å². The van der Waals surface area contributed by atoms with E-state index in [4.69, 9.17) is 10.5 Å². The van der Waals surface area contributed by atoms with Crippen molar-refractivity contribution in [3.63, 3.8) is 0 Å². The first-order valence-electron chi connectivity index (χ1n) is 5.80. The Labute approximate surface area is 105 Å². The minimum absolute atomic E-state index is 0.195. The summed E-state index contributed by atoms with van der Waals surface area (Å²) in [5.41, 5.74) is 6.25. The van der Waals surface area contributed by atoms with E-state index in [2.05, 4.69) is 0 Å². The molecule has 0 bridgehead atoms. The molecule has 0 aliphatic rings. The summed E-state index contributed by atoms with van der Waals surface area (Å²) >= 11 is 0. The predicted molar refractivity (Wildman–Crippen MR) is 64.7 cm³/mol. The lowest BCUT2D eigenvalue weighted by molar-refractivity contribution is -0.199. The van der Waals surface area contributed by atoms with Crippen molar-refractivity contribution < 1.29 is 17.9 Å². The number of nitrogens with two attached hydrogens (primary N) is 1. The first-order chi connectivity index (χ1) is 8.21. The van der Waals surface area contributed by atoms with Crippen LogP contribution in [0.15, 0.2) is 24.3 Å². The van der Waals surface area contributed by atoms with E-state index in [-0.39, 0.29) is 11.7 Å². The Hall–Kier alpha value is -1.23. The lowest BCUT2D eigenvalue weighted by atomic mass is 10.0. The Morgan fingerprint density at radius 2 is 1.78 bits per heavy atom. The molecule has 0 aliphatic carbocycles. The first kappa shape index (κ1) is 14.8. The molecule has 0 amide bonds. The van der Waals surface area contributed by atoms with Gasteiger partial charge in [0.05, 0.1) is 0 Å². The van der Waals surface area contributed by atoms with Gasteiger partial charge in [0.1, 0.15) is 5.75 Å². The summed E-state index contributed by atoms with van der Waals surface area (Å²) in [6, 6.07) is 5.54. The zero-order valence-electron chi connectivity index (χ0n) is 10.7. The third kappa shape index (κ3) is 3.91. The highest BCUT2D eigenvalue weighted by atomic mass is 19.4. The van der Waals surface area contributed by atoms with E-state index in [1.54, 1.807) is 12.1 Å². The molecule has 0 aliphatic heterocycles. The molecule has 0 spiro atoms. The fraction of sp³-hybridized carbons (Fsp3) is 0.538. The summed E-state index contributed by atoms with van der Waals surface area (Å²) in [7, 11) is 0. The maximum absolute atomic E-state index is 12.7. The van der Waals surface area contributed by atoms with E-state index in [9.17, 15) is 13.2 Å². The van der Waals surface area contributed by atoms with E-state index in [1.807, 2.05) is 19.9 Å². The summed E-state index contributed by atoms with van der Waals surface area (Å²) < 4.78 is 43.1. The summed E-state index contributed by atoms with van der Waals surface area (Å²) in [6.07, 6.45) is -6.46. The number of halogens is 3. The van der Waals surface area contributed by atoms with Crippen LogP contribution in [0.4, 0.5) is 13.2 Å². The second-order valence-corrected chi connectivity index (χ2v) is 4.67. The normalized spacial score (nSPS) is 15.6. The molecule has 0 saturated heterocycles. The van der Waals surface area contributed by atoms with Gasteiger partial charge in [-0.25, -0.2) is 0 Å². The van der Waals surface area contributed by atoms with Crippen molar-refractivity contribution in [1.29, 1.82) is 0 Å². The standard InChI is InChI=1S/C13H18F3NO/c1-8(2)10-5-4-6-11(7-10)18-12(9(3)17)13(14,15)16/h4-9,12H,17H2,1-3H3. The van der Waals surface area contributed by atoms with Crippen molar-refractivity contribution in [2.24, 2.45) is 5.73 Å². The molecule has 0 fully saturated rings. The second-order valence-electron chi connectivity index (χ2n) is 4.67. The van der Waals surface area contributed by atoms with Gasteiger partial charge in [0.15, 0.2) is 0 Å². The number of rotatable bonds is 4. The van der Waals surface area contributed by atoms with Crippen LogP contribution in [0.2, 0.25) is 0 Å². The van der Waals surface area contributed by atoms with Gasteiger partial charge in [0, 0.05) is 6.04 Å². The van der Waals surface area contributed by atoms with Crippen molar-refractivity contribution in [2.75, 3.05) is 0 Å². The summed E-state index contributed by atoms with van der Waals surface area (Å²) in [6.45, 7) is 5.21. The SMILES string of the molecule is CC(C)c1cccc(OC(C(C)N)C(F)(F)F)c1. The molecule has 1 rings (SSSR count). The van der Waals surface area contributed by atoms with Crippen LogP contribution in [0.3, 0.4) is 0 Å². The van der Waals surface area contributed by atoms with Crippen molar-refractivity contribution in [3.8, 4) is 5.75 Å². The lowest BCUT2D eigenvalue weighted by Crippen LogP contribution is -2.47. The highest BCUT2D eigenvalue weighted by Crippen LogP contribution is 2.28. The van der Waals surface area contributed by atoms with Crippen LogP contribution in [0.25, 0.3) is 0 Å². The van der Waals surface area contributed by atoms with E-state index in [0.29, 0.717) is 0 Å². The van der Waals surface area contributed by atoms with E-state index < -0.39 is 18.3 Å². The first-order valence-corrected chi connectivity index (χ1v) is 5.80. The molecule has 0 radical (unpaired) electrons. The van der Waals surface area contributed by atoms with Crippen molar-refractivity contribution >= 4 is 0 Å². The molecule has 2 atom stereocenters. The van der Waals surface area contributed by atoms with Crippen LogP contribution in [0, 0.1) is 0 Å². The number of hydrogen-bond donors (Lipinski definition) is 1. The molecular weight excluding hydrogens is 243 g/mol. The van der Waals surface area contributed by atoms with E-state index in [0.717, 1.165) is 5.56 Å². The van der Waals surface area contributed by atoms with Crippen molar-refractivity contribution in [2.45, 2.75) is 45.0 Å². The Bertz CT molecular complexity index is 388. The highest BCUT2D eigenvalue weighted by Gasteiger charge is 2.44. The Balaban J connectivity index is 2.91. The van der Waals surface area contributed by atoms with Gasteiger partial charge < -0.3 is 10.5 Å². The number of benzene rings is 1. The molecular formula is C13H18F3NO. The predicted octanol–water partition coefficient (Wildman–Crippen LogP) is 3.47. The van der Waals surface area contributed by atoms with Crippen LogP contribution in [-0.2, 0) is 0 Å². The number of ether oxygens (including phenoxy) is 1. The molecule has 0 heterocycles. The van der Waals surface area contributed by atoms with Gasteiger partial charge in [-0.15, -0.1) is 0 Å². The van der Waals surface area contributed by atoms with Gasteiger partial charge in [-0.2, -0.15) is 13.2 Å². The number of hydrogen-bond acceptors (Lipinski definition) is 2. The Morgan fingerprint density at radius 3 is 2.22 bits per heavy atom. The molecule has 0 aromatic heterocycles. The smallest absolute Gasteiger partial charge is 0.426 e. The molecule has 5 heteroatoms. The van der Waals surface area contributed by atoms with Gasteiger partial charge in [-0.3, -0.25) is 0 Å². The van der Waals surface area contributed by atoms with Crippen LogP contribution < -0.4 is 10.5 Å². The largest absolute Gasteiger partial charge is 0.479 e. The van der Waals surface area contributed by atoms with Crippen molar-refractivity contribution in [1.82, 2.24) is 0 Å². The van der Waals surface area contributed by atoms with Gasteiger partial charge in [0.25, 0.3) is 0 Å². The molecule has 1 aromatic rings. The molecule has 0 saturated carbocycles. The third-order valence-electron chi connectivity index (χ3n) is 2.59. The van der Waals surface area contributed by atoms with Crippen molar-refractivity contribution in [3.05, 3.63) is 29.8 Å². The molecule has 102 valence electrons. The molecule has 2 N–H and O–H groups in total. The van der Waals surface area contributed by atoms with E-state index in [1.165, 1.54) is 13.0 Å². The summed E-state index contributed by atoms with van der Waals surface area (Å²) in [5, 5.41) is 0. The van der Waals surface area contributed by atoms with Crippen LogP contribution >= 0.6 is 0 Å². The maximum atomic E-state index is 12.7. The van der Waals surface area contributed by atoms with Gasteiger partial charge in [-0.05, 0) is 30.5 Å². The zero-order valence-corrected chi connectivity index (χ0v) is 10.7.